The van der Waals surface area contributed by atoms with Gasteiger partial charge in [-0.1, -0.05) is 23.8 Å². The van der Waals surface area contributed by atoms with Crippen LogP contribution in [0.4, 0.5) is 15.2 Å². The van der Waals surface area contributed by atoms with E-state index < -0.39 is 20.7 Å². The van der Waals surface area contributed by atoms with Gasteiger partial charge in [0.1, 0.15) is 10.7 Å². The highest BCUT2D eigenvalue weighted by atomic mass is 35.5. The number of rotatable bonds is 6. The van der Waals surface area contributed by atoms with Crippen LogP contribution in [0.2, 0.25) is 5.02 Å². The van der Waals surface area contributed by atoms with Crippen molar-refractivity contribution in [2.45, 2.75) is 29.8 Å². The molecule has 2 aromatic rings. The van der Waals surface area contributed by atoms with Crippen molar-refractivity contribution in [1.29, 1.82) is 0 Å². The van der Waals surface area contributed by atoms with Gasteiger partial charge in [0.15, 0.2) is 5.13 Å². The minimum Gasteiger partial charge on any atom is -0.379 e. The molecule has 0 saturated heterocycles. The van der Waals surface area contributed by atoms with E-state index in [1.807, 2.05) is 14.1 Å². The Kier molecular flexibility index (Phi) is 5.58. The second kappa shape index (κ2) is 7.86. The van der Waals surface area contributed by atoms with Crippen LogP contribution in [-0.4, -0.2) is 44.5 Å². The summed E-state index contributed by atoms with van der Waals surface area (Å²) in [6, 6.07) is 2.67. The lowest BCUT2D eigenvalue weighted by molar-refractivity contribution is 0.149. The second-order valence-corrected chi connectivity index (χ2v) is 10.6. The van der Waals surface area contributed by atoms with E-state index in [4.69, 9.17) is 11.6 Å². The zero-order valence-electron chi connectivity index (χ0n) is 16.0. The lowest BCUT2D eigenvalue weighted by Gasteiger charge is -2.46. The van der Waals surface area contributed by atoms with Gasteiger partial charge >= 0.3 is 0 Å². The first-order valence-corrected chi connectivity index (χ1v) is 12.0. The van der Waals surface area contributed by atoms with Gasteiger partial charge in [-0.25, -0.2) is 17.8 Å². The Hall–Kier alpha value is -1.68. The standard InChI is InChI=1S/C19H22ClFN4O2S2/c1-25(2)17-8-12-4-3-11(12)7-16(17)23-15-10-14(21)18(9-13(15)20)29(26,27)24-19-22-5-6-28-19/h3-6,9-12,16-17,23H,7-8H2,1-2H3,(H,22,24)/t11-,12+,16+,17+/m1/s1. The van der Waals surface area contributed by atoms with E-state index in [2.05, 4.69) is 32.1 Å². The monoisotopic (exact) mass is 456 g/mol. The summed E-state index contributed by atoms with van der Waals surface area (Å²) in [4.78, 5) is 5.53. The van der Waals surface area contributed by atoms with Crippen molar-refractivity contribution in [1.82, 2.24) is 9.88 Å². The SMILES string of the molecule is CN(C)[C@H]1C[C@@H]2C=C[C@@H]2C[C@@H]1Nc1cc(F)c(S(=O)(=O)Nc2nccs2)cc1Cl. The summed E-state index contributed by atoms with van der Waals surface area (Å²) in [5, 5.41) is 5.31. The predicted octanol–water partition coefficient (Wildman–Crippen LogP) is 4.04. The molecule has 6 nitrogen and oxygen atoms in total. The van der Waals surface area contributed by atoms with Gasteiger partial charge in [-0.2, -0.15) is 0 Å². The van der Waals surface area contributed by atoms with E-state index in [1.165, 1.54) is 6.20 Å². The molecule has 1 aromatic carbocycles. The van der Waals surface area contributed by atoms with Crippen LogP contribution in [0.5, 0.6) is 0 Å². The van der Waals surface area contributed by atoms with Crippen LogP contribution in [0.25, 0.3) is 0 Å². The molecule has 0 aliphatic heterocycles. The first-order chi connectivity index (χ1) is 13.7. The third kappa shape index (κ3) is 4.14. The van der Waals surface area contributed by atoms with Crippen molar-refractivity contribution in [3.05, 3.63) is 46.7 Å². The van der Waals surface area contributed by atoms with E-state index in [0.29, 0.717) is 17.5 Å². The number of aromatic nitrogens is 1. The average Bonchev–Trinajstić information content (AvgIpc) is 3.12. The van der Waals surface area contributed by atoms with Crippen LogP contribution in [-0.2, 0) is 10.0 Å². The number of anilines is 2. The van der Waals surface area contributed by atoms with E-state index in [-0.39, 0.29) is 22.2 Å². The molecular weight excluding hydrogens is 435 g/mol. The first-order valence-electron chi connectivity index (χ1n) is 9.27. The van der Waals surface area contributed by atoms with Crippen molar-refractivity contribution in [3.8, 4) is 0 Å². The lowest BCUT2D eigenvalue weighted by atomic mass is 9.68. The molecule has 2 N–H and O–H groups in total. The van der Waals surface area contributed by atoms with Gasteiger partial charge in [-0.3, -0.25) is 4.72 Å². The van der Waals surface area contributed by atoms with Crippen LogP contribution < -0.4 is 10.0 Å². The summed E-state index contributed by atoms with van der Waals surface area (Å²) < 4.78 is 42.1. The third-order valence-corrected chi connectivity index (χ3v) is 8.11. The quantitative estimate of drug-likeness (QED) is 0.641. The maximum Gasteiger partial charge on any atom is 0.266 e. The van der Waals surface area contributed by atoms with Crippen LogP contribution in [0.15, 0.2) is 40.8 Å². The maximum atomic E-state index is 14.8. The number of benzene rings is 1. The number of allylic oxidation sites excluding steroid dienone is 2. The summed E-state index contributed by atoms with van der Waals surface area (Å²) in [7, 11) is -0.0602. The van der Waals surface area contributed by atoms with Crippen molar-refractivity contribution in [2.75, 3.05) is 24.1 Å². The number of nitrogens with one attached hydrogen (secondary N) is 2. The van der Waals surface area contributed by atoms with Crippen molar-refractivity contribution in [3.63, 3.8) is 0 Å². The zero-order valence-corrected chi connectivity index (χ0v) is 18.4. The fourth-order valence-electron chi connectivity index (χ4n) is 4.04. The molecule has 4 atom stereocenters. The summed E-state index contributed by atoms with van der Waals surface area (Å²) >= 11 is 7.46. The molecule has 29 heavy (non-hydrogen) atoms. The molecular formula is C19H22ClFN4O2S2. The van der Waals surface area contributed by atoms with Gasteiger partial charge in [-0.15, -0.1) is 11.3 Å². The molecule has 0 radical (unpaired) electrons. The normalized spacial score (nSPS) is 26.1. The van der Waals surface area contributed by atoms with Gasteiger partial charge in [0.2, 0.25) is 0 Å². The molecule has 1 aromatic heterocycles. The summed E-state index contributed by atoms with van der Waals surface area (Å²) in [6.45, 7) is 0. The summed E-state index contributed by atoms with van der Waals surface area (Å²) in [5.41, 5.74) is 0.399. The average molecular weight is 457 g/mol. The Morgan fingerprint density at radius 2 is 1.97 bits per heavy atom. The molecule has 0 amide bonds. The number of sulfonamides is 1. The van der Waals surface area contributed by atoms with E-state index >= 15 is 0 Å². The Labute approximate surface area is 178 Å². The molecule has 0 unspecified atom stereocenters. The third-order valence-electron chi connectivity index (χ3n) is 5.63. The minimum atomic E-state index is -4.12. The molecule has 2 aliphatic carbocycles. The zero-order chi connectivity index (χ0) is 20.8. The van der Waals surface area contributed by atoms with Crippen LogP contribution in [0, 0.1) is 17.7 Å². The highest BCUT2D eigenvalue weighted by Crippen LogP contribution is 2.41. The van der Waals surface area contributed by atoms with E-state index in [1.54, 1.807) is 5.38 Å². The fourth-order valence-corrected chi connectivity index (χ4v) is 6.20. The Morgan fingerprint density at radius 1 is 1.24 bits per heavy atom. The van der Waals surface area contributed by atoms with Crippen molar-refractivity contribution >= 4 is 43.8 Å². The van der Waals surface area contributed by atoms with Gasteiger partial charge < -0.3 is 10.2 Å². The van der Waals surface area contributed by atoms with Gasteiger partial charge in [-0.05, 0) is 50.9 Å². The lowest BCUT2D eigenvalue weighted by Crippen LogP contribution is -2.51. The predicted molar refractivity (Wildman–Crippen MR) is 115 cm³/mol. The van der Waals surface area contributed by atoms with E-state index in [0.717, 1.165) is 36.3 Å². The topological polar surface area (TPSA) is 74.3 Å². The largest absolute Gasteiger partial charge is 0.379 e. The molecule has 4 rings (SSSR count). The second-order valence-electron chi connectivity index (χ2n) is 7.67. The van der Waals surface area contributed by atoms with Gasteiger partial charge in [0.05, 0.1) is 10.7 Å². The van der Waals surface area contributed by atoms with Crippen LogP contribution in [0.1, 0.15) is 12.8 Å². The fraction of sp³-hybridized carbons (Fsp3) is 0.421. The first kappa shape index (κ1) is 20.6. The smallest absolute Gasteiger partial charge is 0.266 e. The Balaban J connectivity index is 1.57. The molecule has 10 heteroatoms. The number of likely N-dealkylation sites (N-methyl/N-ethyl adjacent to an activating group) is 1. The van der Waals surface area contributed by atoms with Gasteiger partial charge in [0, 0.05) is 23.7 Å². The molecule has 2 aliphatic rings. The number of hydrogen-bond donors (Lipinski definition) is 2. The minimum absolute atomic E-state index is 0.0870. The highest BCUT2D eigenvalue weighted by molar-refractivity contribution is 7.93. The highest BCUT2D eigenvalue weighted by Gasteiger charge is 2.39. The molecule has 0 bridgehead atoms. The number of thiazole rings is 1. The maximum absolute atomic E-state index is 14.8. The molecule has 1 heterocycles. The van der Waals surface area contributed by atoms with Crippen LogP contribution >= 0.6 is 22.9 Å². The van der Waals surface area contributed by atoms with Crippen molar-refractivity contribution in [2.24, 2.45) is 11.8 Å². The molecule has 156 valence electrons. The van der Waals surface area contributed by atoms with E-state index in [9.17, 15) is 12.8 Å². The number of halogens is 2. The number of nitrogens with zero attached hydrogens (tertiary/aromatic N) is 2. The molecule has 1 fully saturated rings. The summed E-state index contributed by atoms with van der Waals surface area (Å²) in [6.07, 6.45) is 7.88. The molecule has 1 saturated carbocycles. The number of hydrogen-bond acceptors (Lipinski definition) is 6. The molecule has 0 spiro atoms. The van der Waals surface area contributed by atoms with Crippen LogP contribution in [0.3, 0.4) is 0 Å². The van der Waals surface area contributed by atoms with Gasteiger partial charge in [0.25, 0.3) is 10.0 Å². The Bertz CT molecular complexity index is 1030. The Morgan fingerprint density at radius 3 is 2.59 bits per heavy atom. The summed E-state index contributed by atoms with van der Waals surface area (Å²) in [5.74, 6) is 0.256. The van der Waals surface area contributed by atoms with Crippen molar-refractivity contribution < 1.29 is 12.8 Å². The number of fused-ring (bicyclic) bond motifs is 1.